The number of piperazine rings is 1. The maximum Gasteiger partial charge on any atom is 0.146 e. The Morgan fingerprint density at radius 1 is 1.03 bits per heavy atom. The number of nitrogens with two attached hydrogens (primary N) is 1. The van der Waals surface area contributed by atoms with Crippen LogP contribution in [-0.4, -0.2) is 82.4 Å². The Bertz CT molecular complexity index is 1300. The second kappa shape index (κ2) is 10.4. The van der Waals surface area contributed by atoms with Crippen molar-refractivity contribution in [3.05, 3.63) is 36.8 Å². The minimum atomic E-state index is -0.0852. The van der Waals surface area contributed by atoms with Crippen molar-refractivity contribution in [1.29, 1.82) is 0 Å². The molecule has 3 saturated heterocycles. The zero-order chi connectivity index (χ0) is 26.4. The van der Waals surface area contributed by atoms with E-state index >= 15 is 0 Å². The van der Waals surface area contributed by atoms with Crippen molar-refractivity contribution in [3.8, 4) is 16.9 Å². The first-order chi connectivity index (χ1) is 19.1. The van der Waals surface area contributed by atoms with Crippen molar-refractivity contribution < 1.29 is 9.47 Å². The molecular weight excluding hydrogens is 488 g/mol. The number of aromatic nitrogens is 3. The molecule has 208 valence electrons. The van der Waals surface area contributed by atoms with Gasteiger partial charge in [-0.15, -0.1) is 0 Å². The molecule has 1 aromatic carbocycles. The van der Waals surface area contributed by atoms with Crippen molar-refractivity contribution in [2.24, 2.45) is 5.92 Å². The van der Waals surface area contributed by atoms with E-state index in [0.29, 0.717) is 24.6 Å². The summed E-state index contributed by atoms with van der Waals surface area (Å²) in [6.07, 6.45) is 13.7. The van der Waals surface area contributed by atoms with Crippen LogP contribution in [0.25, 0.3) is 22.2 Å². The Labute approximate surface area is 231 Å². The first-order valence-corrected chi connectivity index (χ1v) is 15.0. The molecule has 2 N–H and O–H groups in total. The van der Waals surface area contributed by atoms with E-state index in [9.17, 15) is 0 Å². The second-order valence-electron chi connectivity index (χ2n) is 12.5. The molecular formula is C31H42N6O2. The molecule has 2 aromatic heterocycles. The lowest BCUT2D eigenvalue weighted by Crippen LogP contribution is -2.46. The highest BCUT2D eigenvalue weighted by molar-refractivity contribution is 6.00. The number of hydrogen-bond acceptors (Lipinski definition) is 7. The summed E-state index contributed by atoms with van der Waals surface area (Å²) < 4.78 is 14.9. The molecule has 8 nitrogen and oxygen atoms in total. The molecule has 0 unspecified atom stereocenters. The minimum Gasteiger partial charge on any atom is -0.491 e. The molecule has 0 radical (unpaired) electrons. The zero-order valence-electron chi connectivity index (χ0n) is 23.2. The van der Waals surface area contributed by atoms with E-state index in [-0.39, 0.29) is 5.60 Å². The quantitative estimate of drug-likeness (QED) is 0.472. The normalized spacial score (nSPS) is 29.8. The van der Waals surface area contributed by atoms with Crippen molar-refractivity contribution in [3.63, 3.8) is 0 Å². The molecule has 2 bridgehead atoms. The van der Waals surface area contributed by atoms with Crippen molar-refractivity contribution in [1.82, 2.24) is 24.3 Å². The van der Waals surface area contributed by atoms with Gasteiger partial charge in [0.25, 0.3) is 0 Å². The lowest BCUT2D eigenvalue weighted by molar-refractivity contribution is -0.0198. The van der Waals surface area contributed by atoms with Gasteiger partial charge in [-0.3, -0.25) is 0 Å². The van der Waals surface area contributed by atoms with E-state index in [1.807, 2.05) is 6.07 Å². The molecule has 1 aliphatic carbocycles. The van der Waals surface area contributed by atoms with Gasteiger partial charge in [0.2, 0.25) is 0 Å². The van der Waals surface area contributed by atoms with E-state index in [2.05, 4.69) is 50.8 Å². The molecule has 7 rings (SSSR count). The number of nitrogens with zero attached hydrogens (tertiary/aromatic N) is 5. The van der Waals surface area contributed by atoms with Crippen LogP contribution >= 0.6 is 0 Å². The topological polar surface area (TPSA) is 81.7 Å². The predicted molar refractivity (Wildman–Crippen MR) is 154 cm³/mol. The fourth-order valence-electron chi connectivity index (χ4n) is 7.46. The van der Waals surface area contributed by atoms with E-state index < -0.39 is 0 Å². The van der Waals surface area contributed by atoms with Gasteiger partial charge in [0.15, 0.2) is 0 Å². The summed E-state index contributed by atoms with van der Waals surface area (Å²) >= 11 is 0. The number of ether oxygens (including phenoxy) is 2. The number of hydrogen-bond donors (Lipinski definition) is 1. The first kappa shape index (κ1) is 25.3. The Hall–Kier alpha value is -2.68. The Morgan fingerprint density at radius 3 is 2.56 bits per heavy atom. The van der Waals surface area contributed by atoms with Gasteiger partial charge in [0.05, 0.1) is 11.5 Å². The van der Waals surface area contributed by atoms with Crippen LogP contribution in [0.4, 0.5) is 5.82 Å². The molecule has 3 aliphatic heterocycles. The maximum absolute atomic E-state index is 6.47. The molecule has 3 aromatic rings. The standard InChI is InChI=1S/C31H42N6O2/c1-35-13-15-36(16-14-35)18-22-5-7-24(8-6-22)37-19-27(28-29(32)33-21-34-30(28)37)23-3-2-4-26(17-23)38-20-31-11-9-25(39-31)10-12-31/h2-4,17,19,21-22,24-25H,5-16,18,20H2,1H3,(H2,32,33,34)/t22-,24-,25?,31?. The molecule has 4 aliphatic rings. The van der Waals surface area contributed by atoms with Gasteiger partial charge < -0.3 is 29.6 Å². The summed E-state index contributed by atoms with van der Waals surface area (Å²) in [5.41, 5.74) is 9.51. The van der Waals surface area contributed by atoms with Crippen LogP contribution < -0.4 is 10.5 Å². The van der Waals surface area contributed by atoms with Crippen LogP contribution in [0.5, 0.6) is 5.75 Å². The summed E-state index contributed by atoms with van der Waals surface area (Å²) in [5.74, 6) is 2.21. The first-order valence-electron chi connectivity index (χ1n) is 15.0. The van der Waals surface area contributed by atoms with Gasteiger partial charge in [0.1, 0.15) is 35.7 Å². The Balaban J connectivity index is 1.08. The van der Waals surface area contributed by atoms with E-state index in [0.717, 1.165) is 46.7 Å². The van der Waals surface area contributed by atoms with Crippen LogP contribution in [0.3, 0.4) is 0 Å². The van der Waals surface area contributed by atoms with Crippen molar-refractivity contribution in [2.45, 2.75) is 69.1 Å². The van der Waals surface area contributed by atoms with Crippen LogP contribution in [0, 0.1) is 5.92 Å². The molecule has 39 heavy (non-hydrogen) atoms. The number of fused-ring (bicyclic) bond motifs is 3. The summed E-state index contributed by atoms with van der Waals surface area (Å²) in [6.45, 7) is 6.65. The lowest BCUT2D eigenvalue weighted by Gasteiger charge is -2.37. The third kappa shape index (κ3) is 5.03. The van der Waals surface area contributed by atoms with Crippen LogP contribution in [0.15, 0.2) is 36.8 Å². The zero-order valence-corrected chi connectivity index (χ0v) is 23.2. The summed E-state index contributed by atoms with van der Waals surface area (Å²) in [6, 6.07) is 8.83. The fraction of sp³-hybridized carbons (Fsp3) is 0.613. The molecule has 0 atom stereocenters. The number of likely N-dealkylation sites (N-methyl/N-ethyl adjacent to an activating group) is 1. The van der Waals surface area contributed by atoms with Gasteiger partial charge >= 0.3 is 0 Å². The molecule has 0 spiro atoms. The van der Waals surface area contributed by atoms with Gasteiger partial charge in [-0.2, -0.15) is 0 Å². The van der Waals surface area contributed by atoms with Crippen molar-refractivity contribution >= 4 is 16.9 Å². The SMILES string of the molecule is CN1CCN(C[C@H]2CC[C@H](n3cc(-c4cccc(OCC56CCC(CC5)O6)c4)c4c(N)ncnc43)CC2)CC1. The lowest BCUT2D eigenvalue weighted by atomic mass is 9.85. The monoisotopic (exact) mass is 530 g/mol. The summed E-state index contributed by atoms with van der Waals surface area (Å²) in [5, 5.41) is 0.950. The number of rotatable bonds is 7. The number of nitrogen functional groups attached to an aromatic ring is 1. The van der Waals surface area contributed by atoms with Crippen LogP contribution in [0.1, 0.15) is 57.4 Å². The van der Waals surface area contributed by atoms with Gasteiger partial charge in [-0.1, -0.05) is 12.1 Å². The van der Waals surface area contributed by atoms with E-state index in [1.54, 1.807) is 6.33 Å². The average Bonchev–Trinajstić information content (AvgIpc) is 3.68. The molecule has 5 heterocycles. The summed E-state index contributed by atoms with van der Waals surface area (Å²) in [4.78, 5) is 14.2. The highest BCUT2D eigenvalue weighted by Gasteiger charge is 2.46. The van der Waals surface area contributed by atoms with Gasteiger partial charge in [0, 0.05) is 50.5 Å². The third-order valence-electron chi connectivity index (χ3n) is 9.87. The smallest absolute Gasteiger partial charge is 0.146 e. The van der Waals surface area contributed by atoms with Crippen molar-refractivity contribution in [2.75, 3.05) is 52.1 Å². The molecule has 8 heteroatoms. The van der Waals surface area contributed by atoms with E-state index in [4.69, 9.17) is 20.2 Å². The molecule has 4 fully saturated rings. The third-order valence-corrected chi connectivity index (χ3v) is 9.87. The largest absolute Gasteiger partial charge is 0.491 e. The van der Waals surface area contributed by atoms with Gasteiger partial charge in [-0.25, -0.2) is 9.97 Å². The number of benzene rings is 1. The molecule has 0 amide bonds. The molecule has 1 saturated carbocycles. The minimum absolute atomic E-state index is 0.0852. The van der Waals surface area contributed by atoms with Crippen LogP contribution in [-0.2, 0) is 4.74 Å². The number of anilines is 1. The van der Waals surface area contributed by atoms with Gasteiger partial charge in [-0.05, 0) is 82.0 Å². The fourth-order valence-corrected chi connectivity index (χ4v) is 7.46. The Morgan fingerprint density at radius 2 is 1.82 bits per heavy atom. The second-order valence-corrected chi connectivity index (χ2v) is 12.5. The predicted octanol–water partition coefficient (Wildman–Crippen LogP) is 4.75. The Kier molecular flexibility index (Phi) is 6.73. The highest BCUT2D eigenvalue weighted by Crippen LogP contribution is 2.44. The highest BCUT2D eigenvalue weighted by atomic mass is 16.6. The van der Waals surface area contributed by atoms with Crippen LogP contribution in [0.2, 0.25) is 0 Å². The summed E-state index contributed by atoms with van der Waals surface area (Å²) in [7, 11) is 2.23. The van der Waals surface area contributed by atoms with E-state index in [1.165, 1.54) is 71.2 Å². The maximum atomic E-state index is 6.47. The average molecular weight is 531 g/mol.